The summed E-state index contributed by atoms with van der Waals surface area (Å²) < 4.78 is 30.4. The Kier molecular flexibility index (Phi) is 5.16. The van der Waals surface area contributed by atoms with Crippen molar-refractivity contribution in [1.82, 2.24) is 4.98 Å². The maximum atomic E-state index is 12.8. The second-order valence-corrected chi connectivity index (χ2v) is 3.75. The maximum absolute atomic E-state index is 12.8. The molecule has 0 aliphatic heterocycles. The molecule has 0 fully saturated rings. The monoisotopic (exact) mass is 318 g/mol. The fourth-order valence-corrected chi connectivity index (χ4v) is 1.94. The van der Waals surface area contributed by atoms with E-state index in [4.69, 9.17) is 10.00 Å². The number of carbonyl (C=O) groups excluding carboxylic acids is 1. The number of ether oxygens (including phenoxy) is 1. The van der Waals surface area contributed by atoms with Gasteiger partial charge in [-0.1, -0.05) is 15.9 Å². The number of hydrogen-bond acceptors (Lipinski definition) is 4. The van der Waals surface area contributed by atoms with E-state index in [-0.39, 0.29) is 34.5 Å². The van der Waals surface area contributed by atoms with Gasteiger partial charge in [0.15, 0.2) is 5.69 Å². The Bertz CT molecular complexity index is 501. The van der Waals surface area contributed by atoms with E-state index in [0.717, 1.165) is 6.07 Å². The van der Waals surface area contributed by atoms with Crippen LogP contribution in [0.15, 0.2) is 6.07 Å². The third-order valence-corrected chi connectivity index (χ3v) is 2.67. The molecule has 0 N–H and O–H groups in total. The minimum absolute atomic E-state index is 0.0273. The van der Waals surface area contributed by atoms with Crippen LogP contribution < -0.4 is 0 Å². The van der Waals surface area contributed by atoms with E-state index >= 15 is 0 Å². The predicted octanol–water partition coefficient (Wildman–Crippen LogP) is 2.96. The van der Waals surface area contributed by atoms with Gasteiger partial charge < -0.3 is 4.74 Å². The summed E-state index contributed by atoms with van der Waals surface area (Å²) in [5.41, 5.74) is -0.829. The third-order valence-electron chi connectivity index (χ3n) is 2.11. The van der Waals surface area contributed by atoms with Crippen molar-refractivity contribution in [1.29, 1.82) is 5.26 Å². The van der Waals surface area contributed by atoms with Gasteiger partial charge in [-0.3, -0.25) is 0 Å². The molecule has 1 aromatic heterocycles. The number of rotatable bonds is 4. The first-order valence-corrected chi connectivity index (χ1v) is 6.12. The Morgan fingerprint density at radius 1 is 1.67 bits per heavy atom. The molecular weight excluding hydrogens is 310 g/mol. The zero-order valence-corrected chi connectivity index (χ0v) is 11.0. The Morgan fingerprint density at radius 3 is 2.78 bits per heavy atom. The lowest BCUT2D eigenvalue weighted by molar-refractivity contribution is 0.0517. The molecule has 0 bridgehead atoms. The van der Waals surface area contributed by atoms with Gasteiger partial charge in [-0.25, -0.2) is 18.6 Å². The molecule has 1 rings (SSSR count). The molecule has 0 radical (unpaired) electrons. The van der Waals surface area contributed by atoms with Crippen molar-refractivity contribution < 1.29 is 18.3 Å². The molecule has 4 nitrogen and oxygen atoms in total. The average Bonchev–Trinajstić information content (AvgIpc) is 2.37. The third kappa shape index (κ3) is 3.01. The van der Waals surface area contributed by atoms with Crippen molar-refractivity contribution in [2.45, 2.75) is 18.7 Å². The number of halogens is 3. The maximum Gasteiger partial charge on any atom is 0.357 e. The van der Waals surface area contributed by atoms with Crippen molar-refractivity contribution in [3.05, 3.63) is 28.6 Å². The molecular formula is C11H9BrF2N2O2. The number of alkyl halides is 3. The van der Waals surface area contributed by atoms with Crippen molar-refractivity contribution in [3.8, 4) is 6.07 Å². The molecule has 0 unspecified atom stereocenters. The minimum Gasteiger partial charge on any atom is -0.461 e. The lowest BCUT2D eigenvalue weighted by Crippen LogP contribution is -2.13. The highest BCUT2D eigenvalue weighted by molar-refractivity contribution is 9.08. The lowest BCUT2D eigenvalue weighted by atomic mass is 10.1. The van der Waals surface area contributed by atoms with Crippen LogP contribution in [-0.2, 0) is 10.1 Å². The van der Waals surface area contributed by atoms with Crippen LogP contribution in [0, 0.1) is 11.3 Å². The second-order valence-electron chi connectivity index (χ2n) is 3.19. The molecule has 0 aromatic carbocycles. The summed E-state index contributed by atoms with van der Waals surface area (Å²) in [6.45, 7) is 1.69. The number of esters is 1. The smallest absolute Gasteiger partial charge is 0.357 e. The molecule has 0 atom stereocenters. The van der Waals surface area contributed by atoms with Crippen LogP contribution in [0.5, 0.6) is 0 Å². The van der Waals surface area contributed by atoms with Gasteiger partial charge in [0.05, 0.1) is 6.61 Å². The van der Waals surface area contributed by atoms with E-state index in [9.17, 15) is 13.6 Å². The summed E-state index contributed by atoms with van der Waals surface area (Å²) in [6, 6.07) is 2.62. The van der Waals surface area contributed by atoms with E-state index in [2.05, 4.69) is 20.9 Å². The SMILES string of the molecule is CCOC(=O)c1nc(C#N)cc(C(F)F)c1CBr. The predicted molar refractivity (Wildman–Crippen MR) is 62.5 cm³/mol. The van der Waals surface area contributed by atoms with Gasteiger partial charge >= 0.3 is 5.97 Å². The number of aromatic nitrogens is 1. The summed E-state index contributed by atoms with van der Waals surface area (Å²) in [5.74, 6) is -0.814. The number of nitrogens with zero attached hydrogens (tertiary/aromatic N) is 2. The van der Waals surface area contributed by atoms with Crippen LogP contribution in [-0.4, -0.2) is 17.6 Å². The van der Waals surface area contributed by atoms with Crippen LogP contribution in [0.2, 0.25) is 0 Å². The molecule has 1 heterocycles. The van der Waals surface area contributed by atoms with Crippen LogP contribution >= 0.6 is 15.9 Å². The first-order valence-electron chi connectivity index (χ1n) is 5.00. The Hall–Kier alpha value is -1.55. The molecule has 0 saturated heterocycles. The first-order chi connectivity index (χ1) is 8.54. The normalized spacial score (nSPS) is 10.2. The standard InChI is InChI=1S/C11H9BrF2N2O2/c1-2-18-11(17)9-8(4-12)7(10(13)14)3-6(5-15)16-9/h3,10H,2,4H2,1H3. The van der Waals surface area contributed by atoms with Gasteiger partial charge in [-0.2, -0.15) is 5.26 Å². The van der Waals surface area contributed by atoms with E-state index in [0.29, 0.717) is 0 Å². The molecule has 96 valence electrons. The minimum atomic E-state index is -2.79. The zero-order valence-electron chi connectivity index (χ0n) is 9.41. The van der Waals surface area contributed by atoms with Crippen LogP contribution in [0.1, 0.15) is 40.7 Å². The van der Waals surface area contributed by atoms with Gasteiger partial charge in [-0.15, -0.1) is 0 Å². The van der Waals surface area contributed by atoms with Gasteiger partial charge in [0.1, 0.15) is 11.8 Å². The summed E-state index contributed by atoms with van der Waals surface area (Å²) in [6.07, 6.45) is -2.79. The van der Waals surface area contributed by atoms with Crippen molar-refractivity contribution in [2.75, 3.05) is 6.61 Å². The molecule has 7 heteroatoms. The number of hydrogen-bond donors (Lipinski definition) is 0. The Balaban J connectivity index is 3.43. The van der Waals surface area contributed by atoms with E-state index in [1.165, 1.54) is 0 Å². The Labute approximate surface area is 111 Å². The van der Waals surface area contributed by atoms with Crippen LogP contribution in [0.4, 0.5) is 8.78 Å². The van der Waals surface area contributed by atoms with Gasteiger partial charge in [0.25, 0.3) is 6.43 Å². The molecule has 0 amide bonds. The summed E-state index contributed by atoms with van der Waals surface area (Å²) in [5, 5.41) is 8.75. The summed E-state index contributed by atoms with van der Waals surface area (Å²) >= 11 is 3.03. The zero-order chi connectivity index (χ0) is 13.7. The fourth-order valence-electron chi connectivity index (χ4n) is 1.35. The van der Waals surface area contributed by atoms with Crippen LogP contribution in [0.25, 0.3) is 0 Å². The van der Waals surface area contributed by atoms with Gasteiger partial charge in [0.2, 0.25) is 0 Å². The van der Waals surface area contributed by atoms with Crippen molar-refractivity contribution in [2.24, 2.45) is 0 Å². The lowest BCUT2D eigenvalue weighted by Gasteiger charge is -2.11. The van der Waals surface area contributed by atoms with Crippen LogP contribution in [0.3, 0.4) is 0 Å². The largest absolute Gasteiger partial charge is 0.461 e. The van der Waals surface area contributed by atoms with E-state index in [1.54, 1.807) is 13.0 Å². The van der Waals surface area contributed by atoms with Gasteiger partial charge in [-0.05, 0) is 13.0 Å². The van der Waals surface area contributed by atoms with E-state index in [1.807, 2.05) is 0 Å². The molecule has 1 aromatic rings. The fraction of sp³-hybridized carbons (Fsp3) is 0.364. The number of nitriles is 1. The first kappa shape index (κ1) is 14.5. The molecule has 0 aliphatic rings. The highest BCUT2D eigenvalue weighted by Gasteiger charge is 2.23. The topological polar surface area (TPSA) is 63.0 Å². The van der Waals surface area contributed by atoms with E-state index < -0.39 is 12.4 Å². The summed E-state index contributed by atoms with van der Waals surface area (Å²) in [7, 11) is 0. The molecule has 0 aliphatic carbocycles. The molecule has 0 spiro atoms. The highest BCUT2D eigenvalue weighted by atomic mass is 79.9. The molecule has 18 heavy (non-hydrogen) atoms. The number of carbonyl (C=O) groups is 1. The average molecular weight is 319 g/mol. The van der Waals surface area contributed by atoms with Crippen molar-refractivity contribution in [3.63, 3.8) is 0 Å². The van der Waals surface area contributed by atoms with Crippen molar-refractivity contribution >= 4 is 21.9 Å². The summed E-state index contributed by atoms with van der Waals surface area (Å²) in [4.78, 5) is 15.3. The number of pyridine rings is 1. The second kappa shape index (κ2) is 6.40. The van der Waals surface area contributed by atoms with Gasteiger partial charge in [0, 0.05) is 16.5 Å². The Morgan fingerprint density at radius 2 is 2.33 bits per heavy atom. The quantitative estimate of drug-likeness (QED) is 0.632. The highest BCUT2D eigenvalue weighted by Crippen LogP contribution is 2.27. The molecule has 0 saturated carbocycles.